The molecule has 1 aromatic carbocycles. The highest BCUT2D eigenvalue weighted by atomic mass is 16.5. The third-order valence-corrected chi connectivity index (χ3v) is 2.50. The molecule has 110 valence electrons. The molecule has 6 heteroatoms. The molecule has 0 saturated heterocycles. The normalized spacial score (nSPS) is 9.90. The van der Waals surface area contributed by atoms with Gasteiger partial charge in [0, 0.05) is 18.7 Å². The second kappa shape index (κ2) is 8.92. The molecule has 3 N–H and O–H groups in total. The minimum Gasteiger partial charge on any atom is -0.494 e. The summed E-state index contributed by atoms with van der Waals surface area (Å²) in [5, 5.41) is 8.12. The van der Waals surface area contributed by atoms with Gasteiger partial charge in [-0.15, -0.1) is 0 Å². The van der Waals surface area contributed by atoms with Gasteiger partial charge in [-0.25, -0.2) is 0 Å². The molecule has 0 heterocycles. The Labute approximate surface area is 118 Å². The lowest BCUT2D eigenvalue weighted by atomic mass is 10.3. The standard InChI is InChI=1S/C14H21N3O3/c1-3-20-12-6-4-11(5-7-12)17-14(19)10-16-13(18)8-9-15-2/h4-7,15H,3,8-10H2,1-2H3,(H,16,18)(H,17,19). The maximum Gasteiger partial charge on any atom is 0.243 e. The molecule has 0 aliphatic rings. The molecule has 0 aromatic heterocycles. The van der Waals surface area contributed by atoms with E-state index in [2.05, 4.69) is 16.0 Å². The van der Waals surface area contributed by atoms with E-state index in [1.165, 1.54) is 0 Å². The van der Waals surface area contributed by atoms with Crippen LogP contribution in [0.1, 0.15) is 13.3 Å². The first kappa shape index (κ1) is 16.0. The van der Waals surface area contributed by atoms with E-state index in [0.29, 0.717) is 25.3 Å². The van der Waals surface area contributed by atoms with E-state index < -0.39 is 0 Å². The Bertz CT molecular complexity index is 432. The van der Waals surface area contributed by atoms with Crippen molar-refractivity contribution < 1.29 is 14.3 Å². The van der Waals surface area contributed by atoms with Gasteiger partial charge < -0.3 is 20.7 Å². The van der Waals surface area contributed by atoms with Gasteiger partial charge in [0.2, 0.25) is 11.8 Å². The smallest absolute Gasteiger partial charge is 0.243 e. The van der Waals surface area contributed by atoms with Crippen molar-refractivity contribution in [1.82, 2.24) is 10.6 Å². The van der Waals surface area contributed by atoms with Crippen LogP contribution in [0.5, 0.6) is 5.75 Å². The summed E-state index contributed by atoms with van der Waals surface area (Å²) in [5.41, 5.74) is 0.669. The zero-order valence-electron chi connectivity index (χ0n) is 11.9. The molecule has 0 atom stereocenters. The van der Waals surface area contributed by atoms with Crippen molar-refractivity contribution in [3.8, 4) is 5.75 Å². The average molecular weight is 279 g/mol. The maximum atomic E-state index is 11.6. The van der Waals surface area contributed by atoms with Crippen LogP contribution in [-0.4, -0.2) is 38.6 Å². The molecule has 6 nitrogen and oxygen atoms in total. The summed E-state index contributed by atoms with van der Waals surface area (Å²) in [6.45, 7) is 3.07. The number of hydrogen-bond acceptors (Lipinski definition) is 4. The summed E-state index contributed by atoms with van der Waals surface area (Å²) in [4.78, 5) is 23.0. The lowest BCUT2D eigenvalue weighted by Crippen LogP contribution is -2.34. The second-order valence-electron chi connectivity index (χ2n) is 4.14. The molecular formula is C14H21N3O3. The topological polar surface area (TPSA) is 79.5 Å². The Morgan fingerprint density at radius 3 is 2.45 bits per heavy atom. The van der Waals surface area contributed by atoms with Crippen LogP contribution in [0.4, 0.5) is 5.69 Å². The minimum atomic E-state index is -0.257. The van der Waals surface area contributed by atoms with Crippen LogP contribution in [0, 0.1) is 0 Å². The lowest BCUT2D eigenvalue weighted by Gasteiger charge is -2.08. The predicted molar refractivity (Wildman–Crippen MR) is 77.8 cm³/mol. The van der Waals surface area contributed by atoms with Crippen LogP contribution < -0.4 is 20.7 Å². The molecule has 2 amide bonds. The number of carbonyl (C=O) groups excluding carboxylic acids is 2. The quantitative estimate of drug-likeness (QED) is 0.656. The summed E-state index contributed by atoms with van der Waals surface area (Å²) in [5.74, 6) is 0.346. The first-order chi connectivity index (χ1) is 9.65. The fraction of sp³-hybridized carbons (Fsp3) is 0.429. The number of carbonyl (C=O) groups is 2. The molecule has 1 rings (SSSR count). The summed E-state index contributed by atoms with van der Waals surface area (Å²) in [6.07, 6.45) is 0.354. The van der Waals surface area contributed by atoms with E-state index >= 15 is 0 Å². The van der Waals surface area contributed by atoms with Crippen LogP contribution in [-0.2, 0) is 9.59 Å². The molecule has 0 bridgehead atoms. The van der Waals surface area contributed by atoms with Crippen molar-refractivity contribution in [3.63, 3.8) is 0 Å². The molecule has 0 aliphatic carbocycles. The molecule has 20 heavy (non-hydrogen) atoms. The SMILES string of the molecule is CCOc1ccc(NC(=O)CNC(=O)CCNC)cc1. The monoisotopic (exact) mass is 279 g/mol. The van der Waals surface area contributed by atoms with Crippen LogP contribution >= 0.6 is 0 Å². The molecule has 0 saturated carbocycles. The Balaban J connectivity index is 2.32. The summed E-state index contributed by atoms with van der Waals surface area (Å²) < 4.78 is 5.31. The fourth-order valence-corrected chi connectivity index (χ4v) is 1.51. The predicted octanol–water partition coefficient (Wildman–Crippen LogP) is 0.749. The van der Waals surface area contributed by atoms with Crippen LogP contribution in [0.15, 0.2) is 24.3 Å². The zero-order valence-corrected chi connectivity index (χ0v) is 11.9. The largest absolute Gasteiger partial charge is 0.494 e. The van der Waals surface area contributed by atoms with E-state index in [-0.39, 0.29) is 18.4 Å². The van der Waals surface area contributed by atoms with Gasteiger partial charge in [0.05, 0.1) is 13.2 Å². The van der Waals surface area contributed by atoms with Gasteiger partial charge in [0.1, 0.15) is 5.75 Å². The molecule has 0 unspecified atom stereocenters. The van der Waals surface area contributed by atoms with Crippen LogP contribution in [0.25, 0.3) is 0 Å². The summed E-state index contributed by atoms with van der Waals surface area (Å²) in [6, 6.07) is 7.08. The van der Waals surface area contributed by atoms with Gasteiger partial charge in [0.15, 0.2) is 0 Å². The molecule has 0 spiro atoms. The highest BCUT2D eigenvalue weighted by Crippen LogP contribution is 2.15. The molecule has 0 aliphatic heterocycles. The van der Waals surface area contributed by atoms with Gasteiger partial charge in [-0.1, -0.05) is 0 Å². The van der Waals surface area contributed by atoms with E-state index in [4.69, 9.17) is 4.74 Å². The van der Waals surface area contributed by atoms with E-state index in [9.17, 15) is 9.59 Å². The Hall–Kier alpha value is -2.08. The van der Waals surface area contributed by atoms with E-state index in [1.807, 2.05) is 6.92 Å². The Morgan fingerprint density at radius 2 is 1.85 bits per heavy atom. The van der Waals surface area contributed by atoms with Crippen molar-refractivity contribution in [1.29, 1.82) is 0 Å². The Kier molecular flexibility index (Phi) is 7.13. The Morgan fingerprint density at radius 1 is 1.15 bits per heavy atom. The highest BCUT2D eigenvalue weighted by molar-refractivity contribution is 5.94. The number of hydrogen-bond donors (Lipinski definition) is 3. The minimum absolute atomic E-state index is 0.0320. The summed E-state index contributed by atoms with van der Waals surface area (Å²) >= 11 is 0. The molecule has 0 fully saturated rings. The summed E-state index contributed by atoms with van der Waals surface area (Å²) in [7, 11) is 1.77. The number of nitrogens with one attached hydrogen (secondary N) is 3. The van der Waals surface area contributed by atoms with Crippen molar-refractivity contribution in [3.05, 3.63) is 24.3 Å². The van der Waals surface area contributed by atoms with Gasteiger partial charge in [-0.3, -0.25) is 9.59 Å². The van der Waals surface area contributed by atoms with Crippen molar-refractivity contribution in [2.75, 3.05) is 32.1 Å². The highest BCUT2D eigenvalue weighted by Gasteiger charge is 2.05. The number of ether oxygens (including phenoxy) is 1. The van der Waals surface area contributed by atoms with Crippen LogP contribution in [0.2, 0.25) is 0 Å². The number of rotatable bonds is 8. The van der Waals surface area contributed by atoms with Crippen molar-refractivity contribution in [2.24, 2.45) is 0 Å². The second-order valence-corrected chi connectivity index (χ2v) is 4.14. The maximum absolute atomic E-state index is 11.6. The number of benzene rings is 1. The van der Waals surface area contributed by atoms with Crippen molar-refractivity contribution >= 4 is 17.5 Å². The number of amides is 2. The third kappa shape index (κ3) is 6.19. The van der Waals surface area contributed by atoms with Gasteiger partial charge in [-0.05, 0) is 38.2 Å². The first-order valence-electron chi connectivity index (χ1n) is 6.59. The van der Waals surface area contributed by atoms with E-state index in [1.54, 1.807) is 31.3 Å². The van der Waals surface area contributed by atoms with Crippen molar-refractivity contribution in [2.45, 2.75) is 13.3 Å². The van der Waals surface area contributed by atoms with E-state index in [0.717, 1.165) is 5.75 Å². The van der Waals surface area contributed by atoms with Gasteiger partial charge >= 0.3 is 0 Å². The van der Waals surface area contributed by atoms with Gasteiger partial charge in [0.25, 0.3) is 0 Å². The zero-order chi connectivity index (χ0) is 14.8. The van der Waals surface area contributed by atoms with Gasteiger partial charge in [-0.2, -0.15) is 0 Å². The first-order valence-corrected chi connectivity index (χ1v) is 6.59. The lowest BCUT2D eigenvalue weighted by molar-refractivity contribution is -0.124. The molecule has 1 aromatic rings. The molecular weight excluding hydrogens is 258 g/mol. The van der Waals surface area contributed by atoms with Crippen LogP contribution in [0.3, 0.4) is 0 Å². The molecule has 0 radical (unpaired) electrons. The number of anilines is 1. The average Bonchev–Trinajstić information content (AvgIpc) is 2.45. The third-order valence-electron chi connectivity index (χ3n) is 2.50. The fourth-order valence-electron chi connectivity index (χ4n) is 1.51.